The Morgan fingerprint density at radius 1 is 1.06 bits per heavy atom. The van der Waals surface area contributed by atoms with Crippen LogP contribution in [0.5, 0.6) is 0 Å². The minimum absolute atomic E-state index is 0.647. The number of hydrogen-bond donors (Lipinski definition) is 0. The van der Waals surface area contributed by atoms with Crippen molar-refractivity contribution in [3.8, 4) is 6.07 Å². The van der Waals surface area contributed by atoms with Crippen molar-refractivity contribution in [1.82, 2.24) is 0 Å². The van der Waals surface area contributed by atoms with Crippen molar-refractivity contribution in [2.24, 2.45) is 0 Å². The lowest BCUT2D eigenvalue weighted by molar-refractivity contribution is 1.52. The van der Waals surface area contributed by atoms with Crippen molar-refractivity contribution in [3.63, 3.8) is 0 Å². The van der Waals surface area contributed by atoms with Gasteiger partial charge in [-0.2, -0.15) is 5.26 Å². The van der Waals surface area contributed by atoms with Crippen LogP contribution in [0.15, 0.2) is 48.5 Å². The van der Waals surface area contributed by atoms with Gasteiger partial charge in [0.2, 0.25) is 0 Å². The highest BCUT2D eigenvalue weighted by atomic mass is 127. The lowest BCUT2D eigenvalue weighted by atomic mass is 10.0. The first-order chi connectivity index (χ1) is 8.69. The van der Waals surface area contributed by atoms with Crippen molar-refractivity contribution < 1.29 is 0 Å². The summed E-state index contributed by atoms with van der Waals surface area (Å²) in [5.41, 5.74) is 2.54. The Kier molecular flexibility index (Phi) is 4.40. The Morgan fingerprint density at radius 3 is 2.22 bits per heavy atom. The van der Waals surface area contributed by atoms with Gasteiger partial charge in [0.25, 0.3) is 0 Å². The molecule has 0 unspecified atom stereocenters. The minimum atomic E-state index is 0.647. The molecule has 88 valence electrons. The zero-order chi connectivity index (χ0) is 13.0. The maximum atomic E-state index is 9.22. The zero-order valence-electron chi connectivity index (χ0n) is 9.40. The topological polar surface area (TPSA) is 23.8 Å². The van der Waals surface area contributed by atoms with Crippen LogP contribution >= 0.6 is 34.2 Å². The number of hydrogen-bond acceptors (Lipinski definition) is 1. The van der Waals surface area contributed by atoms with Crippen molar-refractivity contribution in [1.29, 1.82) is 5.26 Å². The van der Waals surface area contributed by atoms with Gasteiger partial charge < -0.3 is 0 Å². The van der Waals surface area contributed by atoms with Gasteiger partial charge >= 0.3 is 0 Å². The maximum Gasteiger partial charge on any atom is 0.0998 e. The Hall–Kier alpha value is -1.31. The number of nitriles is 1. The molecule has 0 aromatic heterocycles. The van der Waals surface area contributed by atoms with Gasteiger partial charge in [-0.3, -0.25) is 0 Å². The highest BCUT2D eigenvalue weighted by Crippen LogP contribution is 2.20. The molecule has 0 saturated carbocycles. The average Bonchev–Trinajstić information content (AvgIpc) is 2.39. The fraction of sp³-hybridized carbons (Fsp3) is 0. The number of nitrogens with zero attached hydrogens (tertiary/aromatic N) is 1. The van der Waals surface area contributed by atoms with E-state index in [1.165, 1.54) is 0 Å². The summed E-state index contributed by atoms with van der Waals surface area (Å²) in [5.74, 6) is 0. The van der Waals surface area contributed by atoms with Gasteiger partial charge in [-0.05, 0) is 64.1 Å². The number of halogens is 2. The zero-order valence-corrected chi connectivity index (χ0v) is 12.3. The van der Waals surface area contributed by atoms with Gasteiger partial charge in [-0.1, -0.05) is 35.9 Å². The van der Waals surface area contributed by atoms with Crippen LogP contribution in [0.25, 0.3) is 11.6 Å². The van der Waals surface area contributed by atoms with Crippen molar-refractivity contribution in [3.05, 3.63) is 68.3 Å². The van der Waals surface area contributed by atoms with E-state index in [4.69, 9.17) is 11.6 Å². The van der Waals surface area contributed by atoms with Gasteiger partial charge in [0.05, 0.1) is 11.6 Å². The summed E-state index contributed by atoms with van der Waals surface area (Å²) in [6.07, 6.45) is 1.86. The minimum Gasteiger partial charge on any atom is -0.192 e. The quantitative estimate of drug-likeness (QED) is 0.417. The van der Waals surface area contributed by atoms with Gasteiger partial charge in [0.1, 0.15) is 0 Å². The monoisotopic (exact) mass is 365 g/mol. The molecule has 0 aliphatic heterocycles. The molecule has 2 aromatic rings. The first kappa shape index (κ1) is 13.1. The molecule has 0 amide bonds. The largest absolute Gasteiger partial charge is 0.192 e. The van der Waals surface area contributed by atoms with E-state index in [0.717, 1.165) is 14.7 Å². The summed E-state index contributed by atoms with van der Waals surface area (Å²) in [5, 5.41) is 9.91. The van der Waals surface area contributed by atoms with Crippen LogP contribution in [0.1, 0.15) is 11.1 Å². The van der Waals surface area contributed by atoms with Crippen LogP contribution < -0.4 is 0 Å². The molecule has 2 aromatic carbocycles. The lowest BCUT2D eigenvalue weighted by Crippen LogP contribution is -1.82. The smallest absolute Gasteiger partial charge is 0.0998 e. The summed E-state index contributed by atoms with van der Waals surface area (Å²) in [6, 6.07) is 17.5. The van der Waals surface area contributed by atoms with Crippen LogP contribution in [0.3, 0.4) is 0 Å². The standard InChI is InChI=1S/C15H9ClIN/c16-14-5-1-11(2-6-14)9-13(10-18)12-3-7-15(17)8-4-12/h1-9H. The van der Waals surface area contributed by atoms with E-state index in [9.17, 15) is 5.26 Å². The third kappa shape index (κ3) is 3.34. The van der Waals surface area contributed by atoms with E-state index in [2.05, 4.69) is 28.7 Å². The summed E-state index contributed by atoms with van der Waals surface area (Å²) in [6.45, 7) is 0. The molecule has 18 heavy (non-hydrogen) atoms. The Balaban J connectivity index is 2.37. The molecule has 0 spiro atoms. The second kappa shape index (κ2) is 6.03. The van der Waals surface area contributed by atoms with E-state index in [0.29, 0.717) is 10.6 Å². The van der Waals surface area contributed by atoms with Gasteiger partial charge in [0, 0.05) is 8.59 Å². The molecule has 3 heteroatoms. The fourth-order valence-electron chi connectivity index (χ4n) is 1.54. The summed E-state index contributed by atoms with van der Waals surface area (Å²) >= 11 is 8.07. The number of benzene rings is 2. The van der Waals surface area contributed by atoms with Crippen LogP contribution in [0, 0.1) is 14.9 Å². The van der Waals surface area contributed by atoms with E-state index in [1.807, 2.05) is 54.6 Å². The predicted octanol–water partition coefficient (Wildman–Crippen LogP) is 5.01. The summed E-state index contributed by atoms with van der Waals surface area (Å²) < 4.78 is 1.15. The Morgan fingerprint density at radius 2 is 1.67 bits per heavy atom. The third-order valence-electron chi connectivity index (χ3n) is 2.46. The van der Waals surface area contributed by atoms with E-state index in [-0.39, 0.29) is 0 Å². The van der Waals surface area contributed by atoms with Gasteiger partial charge in [-0.15, -0.1) is 0 Å². The molecule has 0 atom stereocenters. The lowest BCUT2D eigenvalue weighted by Gasteiger charge is -2.00. The van der Waals surface area contributed by atoms with E-state index >= 15 is 0 Å². The van der Waals surface area contributed by atoms with E-state index < -0.39 is 0 Å². The molecule has 0 saturated heterocycles. The Bertz CT molecular complexity index is 606. The van der Waals surface area contributed by atoms with Gasteiger partial charge in [0.15, 0.2) is 0 Å². The first-order valence-electron chi connectivity index (χ1n) is 5.32. The van der Waals surface area contributed by atoms with Crippen molar-refractivity contribution >= 4 is 45.8 Å². The molecule has 0 aliphatic carbocycles. The van der Waals surface area contributed by atoms with Crippen LogP contribution in [-0.2, 0) is 0 Å². The molecule has 0 radical (unpaired) electrons. The molecule has 0 N–H and O–H groups in total. The highest BCUT2D eigenvalue weighted by molar-refractivity contribution is 14.1. The molecule has 0 heterocycles. The molecule has 0 fully saturated rings. The van der Waals surface area contributed by atoms with Crippen LogP contribution in [0.2, 0.25) is 5.02 Å². The number of rotatable bonds is 2. The second-order valence-corrected chi connectivity index (χ2v) is 5.41. The van der Waals surface area contributed by atoms with Crippen molar-refractivity contribution in [2.75, 3.05) is 0 Å². The molecule has 2 rings (SSSR count). The van der Waals surface area contributed by atoms with E-state index in [1.54, 1.807) is 0 Å². The average molecular weight is 366 g/mol. The second-order valence-electron chi connectivity index (χ2n) is 3.73. The molecule has 0 aliphatic rings. The molecular weight excluding hydrogens is 357 g/mol. The summed E-state index contributed by atoms with van der Waals surface area (Å²) in [7, 11) is 0. The summed E-state index contributed by atoms with van der Waals surface area (Å²) in [4.78, 5) is 0. The van der Waals surface area contributed by atoms with Crippen LogP contribution in [0.4, 0.5) is 0 Å². The third-order valence-corrected chi connectivity index (χ3v) is 3.43. The highest BCUT2D eigenvalue weighted by Gasteiger charge is 2.00. The first-order valence-corrected chi connectivity index (χ1v) is 6.78. The van der Waals surface area contributed by atoms with Crippen molar-refractivity contribution in [2.45, 2.75) is 0 Å². The molecule has 0 bridgehead atoms. The number of allylic oxidation sites excluding steroid dienone is 1. The van der Waals surface area contributed by atoms with Gasteiger partial charge in [-0.25, -0.2) is 0 Å². The predicted molar refractivity (Wildman–Crippen MR) is 84.1 cm³/mol. The Labute approximate surface area is 125 Å². The SMILES string of the molecule is N#CC(=Cc1ccc(Cl)cc1)c1ccc(I)cc1. The fourth-order valence-corrected chi connectivity index (χ4v) is 2.02. The maximum absolute atomic E-state index is 9.22. The molecule has 1 nitrogen and oxygen atoms in total. The normalized spacial score (nSPS) is 11.1. The van der Waals surface area contributed by atoms with Crippen LogP contribution in [-0.4, -0.2) is 0 Å². The molecular formula is C15H9ClIN.